The molecule has 160 valence electrons. The summed E-state index contributed by atoms with van der Waals surface area (Å²) in [6.45, 7) is 4.83. The quantitative estimate of drug-likeness (QED) is 0.642. The Hall–Kier alpha value is -3.22. The maximum absolute atomic E-state index is 15.1. The highest BCUT2D eigenvalue weighted by Gasteiger charge is 2.34. The van der Waals surface area contributed by atoms with E-state index in [0.29, 0.717) is 37.3 Å². The molecule has 1 aliphatic carbocycles. The number of nitrogens with zero attached hydrogens (tertiary/aromatic N) is 4. The number of aromatic nitrogens is 4. The summed E-state index contributed by atoms with van der Waals surface area (Å²) in [5, 5.41) is 8.33. The van der Waals surface area contributed by atoms with Crippen LogP contribution in [-0.4, -0.2) is 26.2 Å². The lowest BCUT2D eigenvalue weighted by Gasteiger charge is -2.21. The number of halogens is 1. The lowest BCUT2D eigenvalue weighted by Crippen LogP contribution is -2.12. The van der Waals surface area contributed by atoms with E-state index in [4.69, 9.17) is 15.5 Å². The molecule has 3 aromatic heterocycles. The highest BCUT2D eigenvalue weighted by Crippen LogP contribution is 2.43. The number of ether oxygens (including phenoxy) is 1. The third-order valence-electron chi connectivity index (χ3n) is 6.39. The topological polar surface area (TPSA) is 78.3 Å². The van der Waals surface area contributed by atoms with Gasteiger partial charge in [0.2, 0.25) is 0 Å². The summed E-state index contributed by atoms with van der Waals surface area (Å²) in [7, 11) is 0. The van der Waals surface area contributed by atoms with Crippen LogP contribution in [-0.2, 0) is 17.6 Å². The summed E-state index contributed by atoms with van der Waals surface area (Å²) in [5.74, 6) is 1.65. The molecule has 5 rings (SSSR count). The van der Waals surface area contributed by atoms with Gasteiger partial charge < -0.3 is 10.5 Å². The molecule has 6 nitrogen and oxygen atoms in total. The molecule has 31 heavy (non-hydrogen) atoms. The van der Waals surface area contributed by atoms with Gasteiger partial charge in [0.1, 0.15) is 23.7 Å². The maximum atomic E-state index is 15.1. The van der Waals surface area contributed by atoms with Gasteiger partial charge in [-0.1, -0.05) is 19.9 Å². The average Bonchev–Trinajstić information content (AvgIpc) is 3.45. The maximum Gasteiger partial charge on any atom is 0.171 e. The Kier molecular flexibility index (Phi) is 4.96. The Morgan fingerprint density at radius 2 is 2.13 bits per heavy atom. The van der Waals surface area contributed by atoms with Gasteiger partial charge in [-0.05, 0) is 42.2 Å². The standard InChI is InChI=1S/C24H26FN5O/c1-3-14-12-31-21-9-8-19(25)17(22(14)21)10-15-11-18(20-7-5-6-16(4-2)28-20)24-29-27-13-30(24)23(15)26/h5-7,11,13-14H,3-4,8-10,12,26H2,1-2H3. The number of nitrogen functional groups attached to an aromatic ring is 1. The van der Waals surface area contributed by atoms with Crippen molar-refractivity contribution in [3.63, 3.8) is 0 Å². The van der Waals surface area contributed by atoms with Crippen LogP contribution in [0, 0.1) is 5.92 Å². The van der Waals surface area contributed by atoms with Crippen LogP contribution in [0.4, 0.5) is 10.2 Å². The molecule has 0 amide bonds. The number of hydrogen-bond acceptors (Lipinski definition) is 5. The Morgan fingerprint density at radius 3 is 2.94 bits per heavy atom. The summed E-state index contributed by atoms with van der Waals surface area (Å²) < 4.78 is 22.8. The summed E-state index contributed by atoms with van der Waals surface area (Å²) in [5.41, 5.74) is 12.4. The number of pyridine rings is 2. The fourth-order valence-corrected chi connectivity index (χ4v) is 4.65. The molecule has 3 aromatic rings. The van der Waals surface area contributed by atoms with Crippen LogP contribution in [0.3, 0.4) is 0 Å². The molecule has 4 heterocycles. The van der Waals surface area contributed by atoms with Crippen LogP contribution in [0.5, 0.6) is 0 Å². The molecular weight excluding hydrogens is 393 g/mol. The van der Waals surface area contributed by atoms with Gasteiger partial charge in [0, 0.05) is 42.0 Å². The SMILES string of the molecule is CCc1cccc(-c2cc(CC3=C(F)CCC4=C3C(CC)CO4)c(N)n3cnnc23)n1. The van der Waals surface area contributed by atoms with E-state index in [1.165, 1.54) is 0 Å². The van der Waals surface area contributed by atoms with E-state index in [9.17, 15) is 0 Å². The number of aryl methyl sites for hydroxylation is 1. The number of nitrogens with two attached hydrogens (primary N) is 1. The van der Waals surface area contributed by atoms with Crippen LogP contribution in [0.2, 0.25) is 0 Å². The van der Waals surface area contributed by atoms with Gasteiger partial charge in [0.15, 0.2) is 5.65 Å². The largest absolute Gasteiger partial charge is 0.497 e. The normalized spacial score (nSPS) is 18.6. The van der Waals surface area contributed by atoms with E-state index in [1.807, 2.05) is 24.3 Å². The number of hydrogen-bond donors (Lipinski definition) is 1. The summed E-state index contributed by atoms with van der Waals surface area (Å²) in [6, 6.07) is 7.95. The minimum absolute atomic E-state index is 0.0568. The van der Waals surface area contributed by atoms with Crippen LogP contribution in [0.25, 0.3) is 16.9 Å². The minimum atomic E-state index is -0.0568. The summed E-state index contributed by atoms with van der Waals surface area (Å²) >= 11 is 0. The van der Waals surface area contributed by atoms with Crippen molar-refractivity contribution in [1.29, 1.82) is 0 Å². The van der Waals surface area contributed by atoms with Crippen molar-refractivity contribution in [3.05, 3.63) is 64.6 Å². The van der Waals surface area contributed by atoms with E-state index in [1.54, 1.807) is 10.7 Å². The molecule has 1 unspecified atom stereocenters. The van der Waals surface area contributed by atoms with E-state index in [-0.39, 0.29) is 11.7 Å². The van der Waals surface area contributed by atoms with Crippen LogP contribution in [0.1, 0.15) is 44.4 Å². The van der Waals surface area contributed by atoms with Crippen molar-refractivity contribution in [2.24, 2.45) is 5.92 Å². The van der Waals surface area contributed by atoms with Crippen LogP contribution < -0.4 is 5.73 Å². The lowest BCUT2D eigenvalue weighted by atomic mass is 9.83. The van der Waals surface area contributed by atoms with Crippen molar-refractivity contribution < 1.29 is 9.13 Å². The molecular formula is C24H26FN5O. The van der Waals surface area contributed by atoms with Crippen LogP contribution >= 0.6 is 0 Å². The van der Waals surface area contributed by atoms with Crippen molar-refractivity contribution in [2.45, 2.75) is 46.0 Å². The molecule has 0 saturated heterocycles. The Balaban J connectivity index is 1.63. The van der Waals surface area contributed by atoms with Gasteiger partial charge >= 0.3 is 0 Å². The number of rotatable bonds is 5. The molecule has 0 spiro atoms. The molecule has 0 radical (unpaired) electrons. The smallest absolute Gasteiger partial charge is 0.171 e. The van der Waals surface area contributed by atoms with Crippen molar-refractivity contribution in [1.82, 2.24) is 19.6 Å². The second-order valence-electron chi connectivity index (χ2n) is 8.17. The van der Waals surface area contributed by atoms with E-state index >= 15 is 4.39 Å². The zero-order valence-electron chi connectivity index (χ0n) is 17.9. The first-order valence-electron chi connectivity index (χ1n) is 10.9. The fraction of sp³-hybridized carbons (Fsp3) is 0.375. The molecule has 0 fully saturated rings. The minimum Gasteiger partial charge on any atom is -0.497 e. The van der Waals surface area contributed by atoms with Crippen molar-refractivity contribution >= 4 is 11.5 Å². The number of fused-ring (bicyclic) bond motifs is 1. The Labute approximate surface area is 180 Å². The van der Waals surface area contributed by atoms with E-state index < -0.39 is 0 Å². The van der Waals surface area contributed by atoms with E-state index in [2.05, 4.69) is 24.0 Å². The fourth-order valence-electron chi connectivity index (χ4n) is 4.65. The average molecular weight is 420 g/mol. The molecule has 1 atom stereocenters. The predicted molar refractivity (Wildman–Crippen MR) is 118 cm³/mol. The molecule has 2 aliphatic rings. The third kappa shape index (κ3) is 3.28. The van der Waals surface area contributed by atoms with Gasteiger partial charge in [-0.3, -0.25) is 9.38 Å². The first-order chi connectivity index (χ1) is 15.1. The molecule has 2 N–H and O–H groups in total. The molecule has 0 saturated carbocycles. The second-order valence-corrected chi connectivity index (χ2v) is 8.17. The monoisotopic (exact) mass is 419 g/mol. The van der Waals surface area contributed by atoms with Crippen molar-refractivity contribution in [3.8, 4) is 11.3 Å². The van der Waals surface area contributed by atoms with Gasteiger partial charge in [-0.15, -0.1) is 10.2 Å². The summed E-state index contributed by atoms with van der Waals surface area (Å²) in [4.78, 5) is 4.76. The zero-order chi connectivity index (χ0) is 21.5. The number of allylic oxidation sites excluding steroid dienone is 3. The zero-order valence-corrected chi connectivity index (χ0v) is 17.9. The molecule has 0 bridgehead atoms. The first-order valence-corrected chi connectivity index (χ1v) is 10.9. The van der Waals surface area contributed by atoms with Crippen molar-refractivity contribution in [2.75, 3.05) is 12.3 Å². The van der Waals surface area contributed by atoms with E-state index in [0.717, 1.165) is 52.3 Å². The van der Waals surface area contributed by atoms with Gasteiger partial charge in [-0.25, -0.2) is 4.39 Å². The second kappa shape index (κ2) is 7.80. The number of anilines is 1. The highest BCUT2D eigenvalue weighted by molar-refractivity contribution is 5.78. The van der Waals surface area contributed by atoms with Crippen LogP contribution in [0.15, 0.2) is 53.3 Å². The highest BCUT2D eigenvalue weighted by atomic mass is 19.1. The summed E-state index contributed by atoms with van der Waals surface area (Å²) in [6.07, 6.45) is 4.79. The molecule has 0 aromatic carbocycles. The Morgan fingerprint density at radius 1 is 1.26 bits per heavy atom. The predicted octanol–water partition coefficient (Wildman–Crippen LogP) is 4.81. The van der Waals surface area contributed by atoms with Gasteiger partial charge in [0.05, 0.1) is 12.3 Å². The molecule has 1 aliphatic heterocycles. The molecule has 7 heteroatoms. The van der Waals surface area contributed by atoms with Gasteiger partial charge in [-0.2, -0.15) is 0 Å². The van der Waals surface area contributed by atoms with Gasteiger partial charge in [0.25, 0.3) is 0 Å². The first kappa shape index (κ1) is 19.7. The lowest BCUT2D eigenvalue weighted by molar-refractivity contribution is 0.207. The Bertz CT molecular complexity index is 1230. The third-order valence-corrected chi connectivity index (χ3v) is 6.39.